The first-order valence-electron chi connectivity index (χ1n) is 4.90. The van der Waals surface area contributed by atoms with Gasteiger partial charge in [0.2, 0.25) is 0 Å². The number of benzene rings is 1. The number of hydrogen-bond donors (Lipinski definition) is 1. The molecule has 4 heteroatoms. The third-order valence-corrected chi connectivity index (χ3v) is 1.96. The van der Waals surface area contributed by atoms with E-state index in [1.165, 1.54) is 12.1 Å². The van der Waals surface area contributed by atoms with E-state index in [2.05, 4.69) is 0 Å². The minimum atomic E-state index is -0.314. The van der Waals surface area contributed by atoms with Gasteiger partial charge in [-0.1, -0.05) is 0 Å². The zero-order valence-corrected chi connectivity index (χ0v) is 9.00. The Balaban J connectivity index is 2.77. The second-order valence-electron chi connectivity index (χ2n) is 3.23. The fourth-order valence-electron chi connectivity index (χ4n) is 1.20. The lowest BCUT2D eigenvalue weighted by Gasteiger charge is -2.13. The van der Waals surface area contributed by atoms with E-state index in [1.54, 1.807) is 13.0 Å². The lowest BCUT2D eigenvalue weighted by molar-refractivity contribution is 0.0216. The van der Waals surface area contributed by atoms with Gasteiger partial charge in [-0.05, 0) is 32.0 Å². The van der Waals surface area contributed by atoms with Crippen molar-refractivity contribution in [3.63, 3.8) is 0 Å². The molecule has 1 aromatic carbocycles. The van der Waals surface area contributed by atoms with Crippen LogP contribution in [0.1, 0.15) is 25.5 Å². The predicted octanol–water partition coefficient (Wildman–Crippen LogP) is 2.22. The Morgan fingerprint density at radius 3 is 2.80 bits per heavy atom. The molecular weight excluding hydrogens is 197 g/mol. The van der Waals surface area contributed by atoms with Crippen LogP contribution in [0.3, 0.4) is 0 Å². The summed E-state index contributed by atoms with van der Waals surface area (Å²) in [4.78, 5) is 0. The molecule has 0 unspecified atom stereocenters. The summed E-state index contributed by atoms with van der Waals surface area (Å²) in [6.07, 6.45) is 0. The van der Waals surface area contributed by atoms with E-state index in [-0.39, 0.29) is 18.7 Å². The van der Waals surface area contributed by atoms with E-state index in [0.717, 1.165) is 0 Å². The molecular formula is C11H16FNO2. The van der Waals surface area contributed by atoms with E-state index in [0.29, 0.717) is 17.9 Å². The Hall–Kier alpha value is -1.13. The van der Waals surface area contributed by atoms with Crippen molar-refractivity contribution in [1.82, 2.24) is 0 Å². The highest BCUT2D eigenvalue weighted by Crippen LogP contribution is 2.24. The lowest BCUT2D eigenvalue weighted by atomic mass is 10.1. The zero-order chi connectivity index (χ0) is 11.3. The second kappa shape index (κ2) is 5.68. The lowest BCUT2D eigenvalue weighted by Crippen LogP contribution is -2.10. The van der Waals surface area contributed by atoms with Gasteiger partial charge in [0.05, 0.1) is 0 Å². The van der Waals surface area contributed by atoms with E-state index in [1.807, 2.05) is 6.92 Å². The molecule has 0 aliphatic heterocycles. The van der Waals surface area contributed by atoms with Gasteiger partial charge in [-0.25, -0.2) is 4.39 Å². The van der Waals surface area contributed by atoms with Gasteiger partial charge in [-0.15, -0.1) is 0 Å². The van der Waals surface area contributed by atoms with Crippen LogP contribution in [-0.2, 0) is 4.74 Å². The van der Waals surface area contributed by atoms with E-state index < -0.39 is 0 Å². The summed E-state index contributed by atoms with van der Waals surface area (Å²) >= 11 is 0. The summed E-state index contributed by atoms with van der Waals surface area (Å²) in [5, 5.41) is 0. The topological polar surface area (TPSA) is 44.5 Å². The third kappa shape index (κ3) is 3.49. The highest BCUT2D eigenvalue weighted by Gasteiger charge is 2.09. The molecule has 15 heavy (non-hydrogen) atoms. The van der Waals surface area contributed by atoms with Crippen molar-refractivity contribution in [3.05, 3.63) is 29.6 Å². The quantitative estimate of drug-likeness (QED) is 0.602. The van der Waals surface area contributed by atoms with Crippen molar-refractivity contribution in [2.45, 2.75) is 19.9 Å². The summed E-state index contributed by atoms with van der Waals surface area (Å²) < 4.78 is 23.3. The van der Waals surface area contributed by atoms with Crippen molar-refractivity contribution in [2.75, 3.05) is 13.4 Å². The van der Waals surface area contributed by atoms with Gasteiger partial charge in [0, 0.05) is 18.2 Å². The Morgan fingerprint density at radius 2 is 2.20 bits per heavy atom. The standard InChI is InChI=1S/C11H16FNO2/c1-3-14-7-15-11-5-4-9(12)6-10(11)8(2)13/h4-6,8H,3,7,13H2,1-2H3/t8-/m0/s1. The molecule has 0 heterocycles. The third-order valence-electron chi connectivity index (χ3n) is 1.96. The van der Waals surface area contributed by atoms with Crippen LogP contribution in [0.2, 0.25) is 0 Å². The van der Waals surface area contributed by atoms with Crippen molar-refractivity contribution in [1.29, 1.82) is 0 Å². The first kappa shape index (κ1) is 11.9. The van der Waals surface area contributed by atoms with Gasteiger partial charge < -0.3 is 15.2 Å². The molecule has 1 atom stereocenters. The van der Waals surface area contributed by atoms with Crippen LogP contribution >= 0.6 is 0 Å². The van der Waals surface area contributed by atoms with Gasteiger partial charge in [-0.2, -0.15) is 0 Å². The van der Waals surface area contributed by atoms with Crippen LogP contribution in [-0.4, -0.2) is 13.4 Å². The minimum absolute atomic E-state index is 0.155. The second-order valence-corrected chi connectivity index (χ2v) is 3.23. The number of rotatable bonds is 5. The van der Waals surface area contributed by atoms with Crippen molar-refractivity contribution in [3.8, 4) is 5.75 Å². The van der Waals surface area contributed by atoms with Crippen LogP contribution in [0.15, 0.2) is 18.2 Å². The van der Waals surface area contributed by atoms with Crippen LogP contribution < -0.4 is 10.5 Å². The molecule has 0 saturated heterocycles. The van der Waals surface area contributed by atoms with Crippen LogP contribution in [0.25, 0.3) is 0 Å². The number of halogens is 1. The maximum atomic E-state index is 13.0. The highest BCUT2D eigenvalue weighted by atomic mass is 19.1. The number of nitrogens with two attached hydrogens (primary N) is 1. The largest absolute Gasteiger partial charge is 0.467 e. The first-order valence-corrected chi connectivity index (χ1v) is 4.90. The van der Waals surface area contributed by atoms with E-state index in [4.69, 9.17) is 15.2 Å². The molecule has 0 radical (unpaired) electrons. The van der Waals surface area contributed by atoms with Gasteiger partial charge in [0.15, 0.2) is 6.79 Å². The van der Waals surface area contributed by atoms with E-state index >= 15 is 0 Å². The highest BCUT2D eigenvalue weighted by molar-refractivity contribution is 5.35. The molecule has 0 aliphatic carbocycles. The molecule has 0 bridgehead atoms. The maximum Gasteiger partial charge on any atom is 0.189 e. The normalized spacial score (nSPS) is 12.5. The molecule has 1 rings (SSSR count). The van der Waals surface area contributed by atoms with E-state index in [9.17, 15) is 4.39 Å². The Labute approximate surface area is 89.0 Å². The molecule has 84 valence electrons. The minimum Gasteiger partial charge on any atom is -0.467 e. The van der Waals surface area contributed by atoms with Gasteiger partial charge in [0.1, 0.15) is 11.6 Å². The molecule has 0 aliphatic rings. The summed E-state index contributed by atoms with van der Waals surface area (Å²) in [5.41, 5.74) is 6.35. The number of ether oxygens (including phenoxy) is 2. The Bertz CT molecular complexity index is 315. The van der Waals surface area contributed by atoms with Gasteiger partial charge >= 0.3 is 0 Å². The molecule has 1 aromatic rings. The summed E-state index contributed by atoms with van der Waals surface area (Å²) in [6.45, 7) is 4.39. The SMILES string of the molecule is CCOCOc1ccc(F)cc1[C@H](C)N. The average molecular weight is 213 g/mol. The zero-order valence-electron chi connectivity index (χ0n) is 9.00. The summed E-state index contributed by atoms with van der Waals surface area (Å²) in [5.74, 6) is 0.255. The molecule has 0 fully saturated rings. The predicted molar refractivity (Wildman–Crippen MR) is 56.1 cm³/mol. The first-order chi connectivity index (χ1) is 7.15. The Kier molecular flexibility index (Phi) is 4.52. The smallest absolute Gasteiger partial charge is 0.189 e. The monoisotopic (exact) mass is 213 g/mol. The molecule has 3 nitrogen and oxygen atoms in total. The molecule has 0 saturated carbocycles. The van der Waals surface area contributed by atoms with Crippen LogP contribution in [0.5, 0.6) is 5.75 Å². The fourth-order valence-corrected chi connectivity index (χ4v) is 1.20. The van der Waals surface area contributed by atoms with Crippen LogP contribution in [0.4, 0.5) is 4.39 Å². The average Bonchev–Trinajstić information content (AvgIpc) is 2.20. The summed E-state index contributed by atoms with van der Waals surface area (Å²) in [7, 11) is 0. The van der Waals surface area contributed by atoms with Crippen molar-refractivity contribution in [2.24, 2.45) is 5.73 Å². The number of hydrogen-bond acceptors (Lipinski definition) is 3. The molecule has 0 aromatic heterocycles. The van der Waals surface area contributed by atoms with Crippen molar-refractivity contribution >= 4 is 0 Å². The maximum absolute atomic E-state index is 13.0. The van der Waals surface area contributed by atoms with Crippen molar-refractivity contribution < 1.29 is 13.9 Å². The fraction of sp³-hybridized carbons (Fsp3) is 0.455. The summed E-state index contributed by atoms with van der Waals surface area (Å²) in [6, 6.07) is 4.02. The Morgan fingerprint density at radius 1 is 1.47 bits per heavy atom. The van der Waals surface area contributed by atoms with Gasteiger partial charge in [0.25, 0.3) is 0 Å². The van der Waals surface area contributed by atoms with Gasteiger partial charge in [-0.3, -0.25) is 0 Å². The van der Waals surface area contributed by atoms with Crippen LogP contribution in [0, 0.1) is 5.82 Å². The molecule has 0 spiro atoms. The molecule has 0 amide bonds. The molecule has 2 N–H and O–H groups in total.